The third-order valence-corrected chi connectivity index (χ3v) is 3.68. The van der Waals surface area contributed by atoms with Crippen molar-refractivity contribution in [3.8, 4) is 0 Å². The highest BCUT2D eigenvalue weighted by Gasteiger charge is 2.42. The lowest BCUT2D eigenvalue weighted by Crippen LogP contribution is -2.43. The van der Waals surface area contributed by atoms with Crippen LogP contribution < -0.4 is 0 Å². The van der Waals surface area contributed by atoms with Crippen LogP contribution in [0.1, 0.15) is 38.5 Å². The highest BCUT2D eigenvalue weighted by molar-refractivity contribution is 5.31. The highest BCUT2D eigenvalue weighted by atomic mass is 16.3. The molecule has 1 heteroatoms. The summed E-state index contributed by atoms with van der Waals surface area (Å²) in [6.45, 7) is 7.98. The summed E-state index contributed by atoms with van der Waals surface area (Å²) >= 11 is 0. The molecule has 0 aromatic carbocycles. The van der Waals surface area contributed by atoms with Crippen molar-refractivity contribution in [3.63, 3.8) is 0 Å². The van der Waals surface area contributed by atoms with E-state index >= 15 is 0 Å². The van der Waals surface area contributed by atoms with Crippen molar-refractivity contribution in [2.24, 2.45) is 5.92 Å². The Labute approximate surface area is 80.2 Å². The zero-order chi connectivity index (χ0) is 9.47. The maximum absolute atomic E-state index is 10.4. The van der Waals surface area contributed by atoms with Gasteiger partial charge < -0.3 is 5.11 Å². The average Bonchev–Trinajstić information content (AvgIpc) is 2.07. The second-order valence-electron chi connectivity index (χ2n) is 4.63. The molecule has 0 aromatic rings. The van der Waals surface area contributed by atoms with Crippen molar-refractivity contribution >= 4 is 0 Å². The largest absolute Gasteiger partial charge is 0.389 e. The van der Waals surface area contributed by atoms with Crippen molar-refractivity contribution in [2.45, 2.75) is 44.1 Å². The Balaban J connectivity index is 2.19. The minimum absolute atomic E-state index is 0.434. The van der Waals surface area contributed by atoms with Crippen molar-refractivity contribution in [3.05, 3.63) is 24.3 Å². The summed E-state index contributed by atoms with van der Waals surface area (Å²) in [5.74, 6) is 0.458. The molecule has 2 fully saturated rings. The lowest BCUT2D eigenvalue weighted by Gasteiger charge is -2.45. The van der Waals surface area contributed by atoms with Gasteiger partial charge in [-0.2, -0.15) is 0 Å². The normalized spacial score (nSPS) is 40.2. The van der Waals surface area contributed by atoms with Gasteiger partial charge in [0.1, 0.15) is 0 Å². The number of aliphatic hydroxyl groups is 1. The Hall–Kier alpha value is -0.560. The summed E-state index contributed by atoms with van der Waals surface area (Å²) in [5, 5.41) is 10.4. The first-order valence-corrected chi connectivity index (χ1v) is 5.20. The second-order valence-corrected chi connectivity index (χ2v) is 4.63. The Morgan fingerprint density at radius 2 is 2.00 bits per heavy atom. The first-order chi connectivity index (χ1) is 6.12. The molecule has 0 aromatic heterocycles. The molecule has 2 unspecified atom stereocenters. The molecule has 0 amide bonds. The molecule has 2 saturated carbocycles. The molecule has 0 radical (unpaired) electrons. The van der Waals surface area contributed by atoms with E-state index in [0.717, 1.165) is 30.4 Å². The number of fused-ring (bicyclic) bond motifs is 1. The summed E-state index contributed by atoms with van der Waals surface area (Å²) < 4.78 is 0. The van der Waals surface area contributed by atoms with Gasteiger partial charge in [0.05, 0.1) is 5.60 Å². The molecule has 2 atom stereocenters. The molecule has 1 nitrogen and oxygen atoms in total. The topological polar surface area (TPSA) is 20.2 Å². The lowest BCUT2D eigenvalue weighted by molar-refractivity contribution is -0.0537. The molecule has 1 N–H and O–H groups in total. The van der Waals surface area contributed by atoms with Gasteiger partial charge in [-0.25, -0.2) is 0 Å². The van der Waals surface area contributed by atoms with Crippen LogP contribution in [0, 0.1) is 5.92 Å². The first kappa shape index (κ1) is 9.01. The average molecular weight is 178 g/mol. The Morgan fingerprint density at radius 3 is 2.77 bits per heavy atom. The van der Waals surface area contributed by atoms with Crippen molar-refractivity contribution < 1.29 is 5.11 Å². The van der Waals surface area contributed by atoms with Crippen LogP contribution in [-0.2, 0) is 0 Å². The van der Waals surface area contributed by atoms with Crippen LogP contribution >= 0.6 is 0 Å². The highest BCUT2D eigenvalue weighted by Crippen LogP contribution is 2.46. The minimum Gasteiger partial charge on any atom is -0.389 e. The summed E-state index contributed by atoms with van der Waals surface area (Å²) in [6.07, 6.45) is 6.30. The van der Waals surface area contributed by atoms with Crippen LogP contribution in [-0.4, -0.2) is 10.7 Å². The maximum atomic E-state index is 10.4. The van der Waals surface area contributed by atoms with Crippen molar-refractivity contribution in [1.82, 2.24) is 0 Å². The summed E-state index contributed by atoms with van der Waals surface area (Å²) in [7, 11) is 0. The van der Waals surface area contributed by atoms with Crippen LogP contribution in [0.5, 0.6) is 0 Å². The van der Waals surface area contributed by atoms with Gasteiger partial charge in [0.2, 0.25) is 0 Å². The lowest BCUT2D eigenvalue weighted by atomic mass is 9.65. The molecule has 0 aliphatic heterocycles. The fourth-order valence-electron chi connectivity index (χ4n) is 2.76. The fraction of sp³-hybridized carbons (Fsp3) is 0.667. The SMILES string of the molecule is C=C1CC2CCCCC2(O)CC1=C. The van der Waals surface area contributed by atoms with E-state index < -0.39 is 5.60 Å². The van der Waals surface area contributed by atoms with Gasteiger partial charge in [0, 0.05) is 6.42 Å². The molecule has 2 aliphatic rings. The number of hydrogen-bond acceptors (Lipinski definition) is 1. The van der Waals surface area contributed by atoms with Crippen LogP contribution in [0.4, 0.5) is 0 Å². The molecule has 0 heterocycles. The first-order valence-electron chi connectivity index (χ1n) is 5.20. The number of allylic oxidation sites excluding steroid dienone is 1. The van der Waals surface area contributed by atoms with Gasteiger partial charge in [-0.3, -0.25) is 0 Å². The Kier molecular flexibility index (Phi) is 2.07. The minimum atomic E-state index is -0.434. The molecule has 0 saturated heterocycles. The summed E-state index contributed by atoms with van der Waals surface area (Å²) in [4.78, 5) is 0. The van der Waals surface area contributed by atoms with Gasteiger partial charge in [0.15, 0.2) is 0 Å². The van der Waals surface area contributed by atoms with Crippen LogP contribution in [0.15, 0.2) is 24.3 Å². The molecule has 0 bridgehead atoms. The van der Waals surface area contributed by atoms with E-state index in [-0.39, 0.29) is 0 Å². The van der Waals surface area contributed by atoms with E-state index in [4.69, 9.17) is 0 Å². The van der Waals surface area contributed by atoms with Crippen LogP contribution in [0.25, 0.3) is 0 Å². The van der Waals surface area contributed by atoms with Gasteiger partial charge in [-0.1, -0.05) is 31.6 Å². The molecular formula is C12H18O. The summed E-state index contributed by atoms with van der Waals surface area (Å²) in [6, 6.07) is 0. The number of hydrogen-bond donors (Lipinski definition) is 1. The molecule has 72 valence electrons. The van der Waals surface area contributed by atoms with Gasteiger partial charge >= 0.3 is 0 Å². The van der Waals surface area contributed by atoms with Gasteiger partial charge in [-0.15, -0.1) is 0 Å². The van der Waals surface area contributed by atoms with E-state index in [1.807, 2.05) is 0 Å². The zero-order valence-electron chi connectivity index (χ0n) is 8.18. The van der Waals surface area contributed by atoms with Gasteiger partial charge in [0.25, 0.3) is 0 Å². The fourth-order valence-corrected chi connectivity index (χ4v) is 2.76. The number of rotatable bonds is 0. The molecular weight excluding hydrogens is 160 g/mol. The zero-order valence-corrected chi connectivity index (χ0v) is 8.18. The molecule has 2 aliphatic carbocycles. The third-order valence-electron chi connectivity index (χ3n) is 3.68. The predicted molar refractivity (Wildman–Crippen MR) is 54.4 cm³/mol. The predicted octanol–water partition coefficient (Wildman–Crippen LogP) is 2.81. The molecule has 13 heavy (non-hydrogen) atoms. The third kappa shape index (κ3) is 1.46. The van der Waals surface area contributed by atoms with Crippen molar-refractivity contribution in [2.75, 3.05) is 0 Å². The van der Waals surface area contributed by atoms with E-state index in [1.54, 1.807) is 0 Å². The Morgan fingerprint density at radius 1 is 1.23 bits per heavy atom. The smallest absolute Gasteiger partial charge is 0.0719 e. The van der Waals surface area contributed by atoms with Crippen molar-refractivity contribution in [1.29, 1.82) is 0 Å². The van der Waals surface area contributed by atoms with E-state index in [9.17, 15) is 5.11 Å². The van der Waals surface area contributed by atoms with Crippen LogP contribution in [0.3, 0.4) is 0 Å². The monoisotopic (exact) mass is 178 g/mol. The van der Waals surface area contributed by atoms with Gasteiger partial charge in [-0.05, 0) is 30.8 Å². The maximum Gasteiger partial charge on any atom is 0.0719 e. The second kappa shape index (κ2) is 2.98. The van der Waals surface area contributed by atoms with E-state index in [0.29, 0.717) is 5.92 Å². The van der Waals surface area contributed by atoms with E-state index in [2.05, 4.69) is 13.2 Å². The van der Waals surface area contributed by atoms with Crippen LogP contribution in [0.2, 0.25) is 0 Å². The summed E-state index contributed by atoms with van der Waals surface area (Å²) in [5.41, 5.74) is 1.80. The van der Waals surface area contributed by atoms with E-state index in [1.165, 1.54) is 19.3 Å². The Bertz CT molecular complexity index is 254. The standard InChI is InChI=1S/C12H18O/c1-9-7-11-5-3-4-6-12(11,13)8-10(9)2/h11,13H,1-8H2. The molecule has 0 spiro atoms. The molecule has 2 rings (SSSR count). The quantitative estimate of drug-likeness (QED) is 0.604.